The van der Waals surface area contributed by atoms with E-state index in [1.54, 1.807) is 19.1 Å². The van der Waals surface area contributed by atoms with Crippen molar-refractivity contribution in [1.29, 1.82) is 0 Å². The number of hydrogen-bond acceptors (Lipinski definition) is 11. The quantitative estimate of drug-likeness (QED) is 0.112. The molecule has 0 spiro atoms. The lowest BCUT2D eigenvalue weighted by Crippen LogP contribution is -2.45. The van der Waals surface area contributed by atoms with Gasteiger partial charge >= 0.3 is 5.97 Å². The molecule has 54 heavy (non-hydrogen) atoms. The zero-order chi connectivity index (χ0) is 39.7. The molecule has 3 aromatic carbocycles. The number of aliphatic hydroxyl groups is 2. The molecule has 5 unspecified atom stereocenters. The van der Waals surface area contributed by atoms with Crippen LogP contribution in [-0.2, 0) is 38.3 Å². The number of esters is 1. The van der Waals surface area contributed by atoms with Gasteiger partial charge in [-0.3, -0.25) is 19.2 Å². The number of carbonyl (C=O) groups excluding carboxylic acids is 4. The predicted octanol–water partition coefficient (Wildman–Crippen LogP) is 6.28. The second kappa shape index (κ2) is 19.1. The Labute approximate surface area is 317 Å². The number of ether oxygens (including phenoxy) is 3. The minimum Gasteiger partial charge on any atom is -0.507 e. The number of unbranched alkanes of at least 4 members (excludes halogenated alkanes) is 1. The van der Waals surface area contributed by atoms with E-state index in [2.05, 4.69) is 45.0 Å². The minimum absolute atomic E-state index is 0.0471. The van der Waals surface area contributed by atoms with Crippen molar-refractivity contribution in [2.45, 2.75) is 104 Å². The molecule has 1 fully saturated rings. The maximum absolute atomic E-state index is 13.3. The molecule has 1 heterocycles. The van der Waals surface area contributed by atoms with Crippen LogP contribution in [0.3, 0.4) is 0 Å². The molecule has 3 aliphatic rings. The number of aromatic hydroxyl groups is 2. The van der Waals surface area contributed by atoms with Crippen LogP contribution in [0.15, 0.2) is 48.5 Å². The number of hydrogen-bond donors (Lipinski definition) is 4. The first kappa shape index (κ1) is 42.2. The Morgan fingerprint density at radius 1 is 0.907 bits per heavy atom. The van der Waals surface area contributed by atoms with Gasteiger partial charge in [0.15, 0.2) is 17.9 Å². The van der Waals surface area contributed by atoms with E-state index in [-0.39, 0.29) is 83.0 Å². The third kappa shape index (κ3) is 9.55. The van der Waals surface area contributed by atoms with Gasteiger partial charge in [-0.15, -0.1) is 0 Å². The van der Waals surface area contributed by atoms with Gasteiger partial charge in [-0.05, 0) is 62.5 Å². The molecule has 292 valence electrons. The number of rotatable bonds is 9. The van der Waals surface area contributed by atoms with Crippen LogP contribution in [0.2, 0.25) is 0 Å². The molecule has 0 bridgehead atoms. The van der Waals surface area contributed by atoms with Crippen molar-refractivity contribution >= 4 is 23.3 Å². The topological polar surface area (TPSA) is 177 Å². The van der Waals surface area contributed by atoms with E-state index in [9.17, 15) is 39.6 Å². The number of phenolic OH excluding ortho intramolecular Hbond substituents is 2. The second-order valence-corrected chi connectivity index (χ2v) is 14.4. The van der Waals surface area contributed by atoms with Crippen LogP contribution in [0.5, 0.6) is 17.2 Å². The lowest BCUT2D eigenvalue weighted by Gasteiger charge is -2.37. The molecule has 3 aromatic rings. The highest BCUT2D eigenvalue weighted by molar-refractivity contribution is 6.31. The molecule has 4 N–H and O–H groups in total. The van der Waals surface area contributed by atoms with Gasteiger partial charge in [-0.1, -0.05) is 76.6 Å². The van der Waals surface area contributed by atoms with E-state index in [1.807, 2.05) is 13.0 Å². The van der Waals surface area contributed by atoms with Gasteiger partial charge < -0.3 is 34.6 Å². The third-order valence-corrected chi connectivity index (χ3v) is 10.5. The molecule has 6 rings (SSSR count). The van der Waals surface area contributed by atoms with Gasteiger partial charge in [-0.25, -0.2) is 0 Å². The summed E-state index contributed by atoms with van der Waals surface area (Å²) in [5.41, 5.74) is 1.65. The van der Waals surface area contributed by atoms with Crippen molar-refractivity contribution in [1.82, 2.24) is 0 Å². The molecule has 0 saturated carbocycles. The number of benzene rings is 3. The maximum Gasteiger partial charge on any atom is 0.306 e. The van der Waals surface area contributed by atoms with Crippen LogP contribution >= 0.6 is 0 Å². The van der Waals surface area contributed by atoms with Crippen molar-refractivity contribution in [2.75, 3.05) is 13.7 Å². The van der Waals surface area contributed by atoms with Crippen LogP contribution in [-0.4, -0.2) is 76.0 Å². The SMILES string of the molecule is CC(C)C1CC(O)OC(C)C1O.CCCCC(=O)OCC(=O)C1CCc2c(O)c3c(c(O)c2C1)C(=O)c1cccc(OC)c1C3=O.CCc1ccccc1. The Balaban J connectivity index is 0.000000263. The van der Waals surface area contributed by atoms with Gasteiger partial charge in [0.25, 0.3) is 0 Å². The van der Waals surface area contributed by atoms with Crippen molar-refractivity contribution in [2.24, 2.45) is 17.8 Å². The third-order valence-electron chi connectivity index (χ3n) is 10.5. The summed E-state index contributed by atoms with van der Waals surface area (Å²) in [6, 6.07) is 15.0. The summed E-state index contributed by atoms with van der Waals surface area (Å²) in [6.07, 6.45) is 2.72. The van der Waals surface area contributed by atoms with E-state index >= 15 is 0 Å². The molecule has 11 heteroatoms. The number of Topliss-reactive ketones (excluding diaryl/α,β-unsaturated/α-hetero) is 1. The van der Waals surface area contributed by atoms with Crippen molar-refractivity contribution in [3.8, 4) is 17.2 Å². The summed E-state index contributed by atoms with van der Waals surface area (Å²) in [6.45, 7) is 9.66. The number of aliphatic hydroxyl groups excluding tert-OH is 2. The first-order valence-electron chi connectivity index (χ1n) is 18.8. The standard InChI is InChI=1S/C26H26O8.C9H18O3.C8H10/c1-3-4-8-19(28)34-12-17(27)13-9-10-14-16(11-13)25(31)21-22(23(14)29)26(32)20-15(24(21)30)6-5-7-18(20)33-2;1-5(2)7-4-8(10)12-6(3)9(7)11;1-2-8-6-4-3-5-7-8/h5-7,13,29,31H,3-4,8-12H2,1-2H3;5-11H,4H2,1-3H3;3-7H,2H2,1H3. The van der Waals surface area contributed by atoms with Crippen LogP contribution < -0.4 is 4.74 Å². The molecule has 1 saturated heterocycles. The Morgan fingerprint density at radius 2 is 1.57 bits per heavy atom. The van der Waals surface area contributed by atoms with Gasteiger partial charge in [-0.2, -0.15) is 0 Å². The Kier molecular flexibility index (Phi) is 14.9. The zero-order valence-electron chi connectivity index (χ0n) is 32.1. The normalized spacial score (nSPS) is 21.3. The van der Waals surface area contributed by atoms with Crippen LogP contribution in [0.4, 0.5) is 0 Å². The lowest BCUT2D eigenvalue weighted by atomic mass is 9.75. The summed E-state index contributed by atoms with van der Waals surface area (Å²) in [5, 5.41) is 41.0. The molecule has 0 amide bonds. The molecule has 2 aliphatic carbocycles. The van der Waals surface area contributed by atoms with Crippen LogP contribution in [0.25, 0.3) is 0 Å². The Bertz CT molecular complexity index is 1800. The zero-order valence-corrected chi connectivity index (χ0v) is 32.1. The first-order chi connectivity index (χ1) is 25.7. The number of fused-ring (bicyclic) bond motifs is 3. The average Bonchev–Trinajstić information content (AvgIpc) is 3.18. The fourth-order valence-corrected chi connectivity index (χ4v) is 7.23. The summed E-state index contributed by atoms with van der Waals surface area (Å²) >= 11 is 0. The minimum atomic E-state index is -0.698. The first-order valence-corrected chi connectivity index (χ1v) is 18.8. The second-order valence-electron chi connectivity index (χ2n) is 14.4. The van der Waals surface area contributed by atoms with Gasteiger partial charge in [0.2, 0.25) is 5.78 Å². The largest absolute Gasteiger partial charge is 0.507 e. The number of ketones is 3. The summed E-state index contributed by atoms with van der Waals surface area (Å²) < 4.78 is 15.4. The molecular formula is C43H54O11. The number of methoxy groups -OCH3 is 1. The smallest absolute Gasteiger partial charge is 0.306 e. The highest BCUT2D eigenvalue weighted by Gasteiger charge is 2.41. The van der Waals surface area contributed by atoms with E-state index in [0.717, 1.165) is 12.8 Å². The fourth-order valence-electron chi connectivity index (χ4n) is 7.23. The van der Waals surface area contributed by atoms with Gasteiger partial charge in [0.05, 0.1) is 36.0 Å². The lowest BCUT2D eigenvalue weighted by molar-refractivity contribution is -0.218. The van der Waals surface area contributed by atoms with Gasteiger partial charge in [0, 0.05) is 35.4 Å². The molecular weight excluding hydrogens is 692 g/mol. The van der Waals surface area contributed by atoms with Crippen LogP contribution in [0.1, 0.15) is 115 Å². The maximum atomic E-state index is 13.3. The van der Waals surface area contributed by atoms with Crippen molar-refractivity contribution in [3.63, 3.8) is 0 Å². The Hall–Kier alpha value is -4.58. The molecule has 1 aliphatic heterocycles. The van der Waals surface area contributed by atoms with Crippen LogP contribution in [0, 0.1) is 17.8 Å². The van der Waals surface area contributed by atoms with Gasteiger partial charge in [0.1, 0.15) is 23.9 Å². The molecule has 0 aromatic heterocycles. The molecule has 0 radical (unpaired) electrons. The van der Waals surface area contributed by atoms with Crippen molar-refractivity contribution < 1.29 is 53.8 Å². The molecule has 11 nitrogen and oxygen atoms in total. The predicted molar refractivity (Wildman–Crippen MR) is 202 cm³/mol. The number of aryl methyl sites for hydroxylation is 1. The fraction of sp³-hybridized carbons (Fsp3) is 0.488. The highest BCUT2D eigenvalue weighted by Crippen LogP contribution is 2.47. The highest BCUT2D eigenvalue weighted by atomic mass is 16.6. The van der Waals surface area contributed by atoms with E-state index < -0.39 is 41.6 Å². The number of phenols is 2. The summed E-state index contributed by atoms with van der Waals surface area (Å²) in [5.74, 6) is -2.46. The Morgan fingerprint density at radius 3 is 2.19 bits per heavy atom. The molecule has 5 atom stereocenters. The average molecular weight is 747 g/mol. The van der Waals surface area contributed by atoms with E-state index in [0.29, 0.717) is 30.7 Å². The van der Waals surface area contributed by atoms with Crippen molar-refractivity contribution in [3.05, 3.63) is 87.5 Å². The van der Waals surface area contributed by atoms with E-state index in [1.165, 1.54) is 18.7 Å². The summed E-state index contributed by atoms with van der Waals surface area (Å²) in [7, 11) is 1.38. The number of carbonyl (C=O) groups is 4. The monoisotopic (exact) mass is 746 g/mol. The summed E-state index contributed by atoms with van der Waals surface area (Å²) in [4.78, 5) is 50.9. The van der Waals surface area contributed by atoms with E-state index in [4.69, 9.17) is 14.2 Å².